The van der Waals surface area contributed by atoms with Gasteiger partial charge in [0.1, 0.15) is 0 Å². The minimum atomic E-state index is -3.46. The first-order valence-corrected chi connectivity index (χ1v) is 9.07. The molecule has 0 unspecified atom stereocenters. The van der Waals surface area contributed by atoms with Gasteiger partial charge in [0.05, 0.1) is 4.90 Å². The second-order valence-corrected chi connectivity index (χ2v) is 7.98. The SMILES string of the molecule is Nc1cc(S(=O)(=O)NC2CCSCC2)ccc1Br. The fourth-order valence-corrected chi connectivity index (χ4v) is 4.48. The topological polar surface area (TPSA) is 72.2 Å². The Hall–Kier alpha value is -0.240. The van der Waals surface area contributed by atoms with Crippen molar-refractivity contribution in [3.63, 3.8) is 0 Å². The van der Waals surface area contributed by atoms with E-state index in [0.717, 1.165) is 24.3 Å². The van der Waals surface area contributed by atoms with Gasteiger partial charge in [0, 0.05) is 16.2 Å². The van der Waals surface area contributed by atoms with Crippen LogP contribution >= 0.6 is 27.7 Å². The van der Waals surface area contributed by atoms with E-state index in [1.807, 2.05) is 11.8 Å². The average Bonchev–Trinajstić information content (AvgIpc) is 2.33. The number of sulfonamides is 1. The maximum absolute atomic E-state index is 12.2. The standard InChI is InChI=1S/C11H15BrN2O2S2/c12-10-2-1-9(7-11(10)13)18(15,16)14-8-3-5-17-6-4-8/h1-2,7-8,14H,3-6,13H2. The number of nitrogens with two attached hydrogens (primary N) is 1. The molecule has 1 saturated heterocycles. The van der Waals surface area contributed by atoms with Crippen LogP contribution in [0.25, 0.3) is 0 Å². The van der Waals surface area contributed by atoms with Gasteiger partial charge in [-0.2, -0.15) is 11.8 Å². The first-order valence-electron chi connectivity index (χ1n) is 5.64. The predicted molar refractivity (Wildman–Crippen MR) is 79.2 cm³/mol. The van der Waals surface area contributed by atoms with Crippen molar-refractivity contribution in [1.82, 2.24) is 4.72 Å². The Morgan fingerprint density at radius 3 is 2.61 bits per heavy atom. The molecule has 1 aliphatic heterocycles. The molecule has 0 bridgehead atoms. The second kappa shape index (κ2) is 5.81. The molecular formula is C11H15BrN2O2S2. The molecule has 3 N–H and O–H groups in total. The predicted octanol–water partition coefficient (Wildman–Crippen LogP) is 2.21. The Morgan fingerprint density at radius 1 is 1.33 bits per heavy atom. The highest BCUT2D eigenvalue weighted by Gasteiger charge is 2.22. The van der Waals surface area contributed by atoms with Crippen LogP contribution in [0.15, 0.2) is 27.6 Å². The van der Waals surface area contributed by atoms with Crippen LogP contribution in [-0.4, -0.2) is 26.0 Å². The van der Waals surface area contributed by atoms with Crippen molar-refractivity contribution in [2.75, 3.05) is 17.2 Å². The van der Waals surface area contributed by atoms with Gasteiger partial charge in [-0.15, -0.1) is 0 Å². The summed E-state index contributed by atoms with van der Waals surface area (Å²) in [6, 6.07) is 4.73. The molecule has 0 aliphatic carbocycles. The number of nitrogen functional groups attached to an aromatic ring is 1. The maximum Gasteiger partial charge on any atom is 0.240 e. The summed E-state index contributed by atoms with van der Waals surface area (Å²) in [6.45, 7) is 0. The molecule has 100 valence electrons. The van der Waals surface area contributed by atoms with Crippen LogP contribution in [0.5, 0.6) is 0 Å². The van der Waals surface area contributed by atoms with Gasteiger partial charge in [-0.25, -0.2) is 13.1 Å². The van der Waals surface area contributed by atoms with Crippen molar-refractivity contribution in [2.24, 2.45) is 0 Å². The van der Waals surface area contributed by atoms with E-state index in [4.69, 9.17) is 5.73 Å². The number of hydrogen-bond donors (Lipinski definition) is 2. The molecule has 7 heteroatoms. The molecule has 1 fully saturated rings. The van der Waals surface area contributed by atoms with Crippen LogP contribution in [0.1, 0.15) is 12.8 Å². The molecule has 0 amide bonds. The van der Waals surface area contributed by atoms with Crippen molar-refractivity contribution in [3.8, 4) is 0 Å². The third-order valence-electron chi connectivity index (χ3n) is 2.82. The van der Waals surface area contributed by atoms with E-state index in [1.165, 1.54) is 6.07 Å². The fourth-order valence-electron chi connectivity index (χ4n) is 1.79. The lowest BCUT2D eigenvalue weighted by Crippen LogP contribution is -2.37. The van der Waals surface area contributed by atoms with E-state index >= 15 is 0 Å². The van der Waals surface area contributed by atoms with Crippen LogP contribution in [0.3, 0.4) is 0 Å². The molecule has 2 rings (SSSR count). The Labute approximate surface area is 120 Å². The number of anilines is 1. The summed E-state index contributed by atoms with van der Waals surface area (Å²) in [7, 11) is -3.46. The number of hydrogen-bond acceptors (Lipinski definition) is 4. The zero-order valence-electron chi connectivity index (χ0n) is 9.73. The summed E-state index contributed by atoms with van der Waals surface area (Å²) < 4.78 is 27.8. The van der Waals surface area contributed by atoms with Gasteiger partial charge in [0.25, 0.3) is 0 Å². The van der Waals surface area contributed by atoms with Gasteiger partial charge in [0.2, 0.25) is 10.0 Å². The van der Waals surface area contributed by atoms with E-state index in [2.05, 4.69) is 20.7 Å². The summed E-state index contributed by atoms with van der Waals surface area (Å²) in [5.74, 6) is 2.02. The molecule has 1 aliphatic rings. The molecule has 1 aromatic carbocycles. The first-order chi connectivity index (χ1) is 8.49. The van der Waals surface area contributed by atoms with E-state index in [1.54, 1.807) is 12.1 Å². The molecule has 0 aromatic heterocycles. The molecule has 0 radical (unpaired) electrons. The van der Waals surface area contributed by atoms with Crippen LogP contribution in [0, 0.1) is 0 Å². The monoisotopic (exact) mass is 350 g/mol. The Balaban J connectivity index is 2.16. The van der Waals surface area contributed by atoms with Gasteiger partial charge >= 0.3 is 0 Å². The second-order valence-electron chi connectivity index (χ2n) is 4.19. The Kier molecular flexibility index (Phi) is 4.58. The number of benzene rings is 1. The van der Waals surface area contributed by atoms with Crippen molar-refractivity contribution >= 4 is 43.4 Å². The lowest BCUT2D eigenvalue weighted by atomic mass is 10.2. The molecule has 0 saturated carbocycles. The zero-order chi connectivity index (χ0) is 13.2. The van der Waals surface area contributed by atoms with Crippen LogP contribution in [0.2, 0.25) is 0 Å². The summed E-state index contributed by atoms with van der Waals surface area (Å²) in [6.07, 6.45) is 1.77. The summed E-state index contributed by atoms with van der Waals surface area (Å²) >= 11 is 5.12. The van der Waals surface area contributed by atoms with E-state index < -0.39 is 10.0 Å². The van der Waals surface area contributed by atoms with Crippen LogP contribution in [0.4, 0.5) is 5.69 Å². The van der Waals surface area contributed by atoms with Crippen molar-refractivity contribution in [3.05, 3.63) is 22.7 Å². The van der Waals surface area contributed by atoms with E-state index in [9.17, 15) is 8.42 Å². The molecule has 0 spiro atoms. The smallest absolute Gasteiger partial charge is 0.240 e. The van der Waals surface area contributed by atoms with Gasteiger partial charge < -0.3 is 5.73 Å². The van der Waals surface area contributed by atoms with Crippen LogP contribution < -0.4 is 10.5 Å². The normalized spacial score (nSPS) is 17.8. The maximum atomic E-state index is 12.2. The van der Waals surface area contributed by atoms with Gasteiger partial charge in [0.15, 0.2) is 0 Å². The highest BCUT2D eigenvalue weighted by atomic mass is 79.9. The highest BCUT2D eigenvalue weighted by molar-refractivity contribution is 9.10. The summed E-state index contributed by atoms with van der Waals surface area (Å²) in [4.78, 5) is 0.224. The molecule has 18 heavy (non-hydrogen) atoms. The largest absolute Gasteiger partial charge is 0.398 e. The van der Waals surface area contributed by atoms with Crippen molar-refractivity contribution in [2.45, 2.75) is 23.8 Å². The van der Waals surface area contributed by atoms with Crippen molar-refractivity contribution in [1.29, 1.82) is 0 Å². The molecular weight excluding hydrogens is 336 g/mol. The van der Waals surface area contributed by atoms with E-state index in [-0.39, 0.29) is 10.9 Å². The van der Waals surface area contributed by atoms with Crippen LogP contribution in [-0.2, 0) is 10.0 Å². The minimum absolute atomic E-state index is 0.0427. The third kappa shape index (κ3) is 3.40. The lowest BCUT2D eigenvalue weighted by Gasteiger charge is -2.22. The van der Waals surface area contributed by atoms with Gasteiger partial charge in [-0.1, -0.05) is 0 Å². The zero-order valence-corrected chi connectivity index (χ0v) is 12.9. The number of rotatable bonds is 3. The molecule has 4 nitrogen and oxygen atoms in total. The number of halogens is 1. The molecule has 1 heterocycles. The van der Waals surface area contributed by atoms with Gasteiger partial charge in [-0.05, 0) is 58.5 Å². The Bertz CT molecular complexity index is 528. The highest BCUT2D eigenvalue weighted by Crippen LogP contribution is 2.24. The number of nitrogens with one attached hydrogen (secondary N) is 1. The van der Waals surface area contributed by atoms with Crippen molar-refractivity contribution < 1.29 is 8.42 Å². The fraction of sp³-hybridized carbons (Fsp3) is 0.455. The molecule has 1 aromatic rings. The summed E-state index contributed by atoms with van der Waals surface area (Å²) in [5.41, 5.74) is 6.14. The summed E-state index contributed by atoms with van der Waals surface area (Å²) in [5, 5.41) is 0. The third-order valence-corrected chi connectivity index (χ3v) is 6.11. The van der Waals surface area contributed by atoms with Gasteiger partial charge in [-0.3, -0.25) is 0 Å². The first kappa shape index (κ1) is 14.2. The average molecular weight is 351 g/mol. The quantitative estimate of drug-likeness (QED) is 0.819. The molecule has 0 atom stereocenters. The van der Waals surface area contributed by atoms with E-state index in [0.29, 0.717) is 10.2 Å². The Morgan fingerprint density at radius 2 is 2.00 bits per heavy atom. The number of thioether (sulfide) groups is 1. The lowest BCUT2D eigenvalue weighted by molar-refractivity contribution is 0.529. The minimum Gasteiger partial charge on any atom is -0.398 e.